The normalized spacial score (nSPS) is 13.9. The molecule has 7 heteroatoms. The number of ether oxygens (including phenoxy) is 4. The minimum absolute atomic E-state index is 0.00692. The quantitative estimate of drug-likeness (QED) is 0.139. The molecule has 4 aromatic carbocycles. The van der Waals surface area contributed by atoms with Gasteiger partial charge in [-0.15, -0.1) is 0 Å². The van der Waals surface area contributed by atoms with Gasteiger partial charge in [0.1, 0.15) is 46.0 Å². The number of nitrogens with two attached hydrogens (primary N) is 1. The molecule has 1 aliphatic rings. The van der Waals surface area contributed by atoms with Crippen LogP contribution in [0.3, 0.4) is 0 Å². The maximum absolute atomic E-state index is 13.0. The van der Waals surface area contributed by atoms with E-state index in [1.54, 1.807) is 36.4 Å². The number of para-hydroxylation sites is 2. The largest absolute Gasteiger partial charge is 0.493 e. The molecule has 0 saturated carbocycles. The summed E-state index contributed by atoms with van der Waals surface area (Å²) in [5.74, 6) is 1.42. The number of carbonyl (C=O) groups excluding carboxylic acids is 1. The van der Waals surface area contributed by atoms with E-state index in [4.69, 9.17) is 24.7 Å². The fourth-order valence-corrected chi connectivity index (χ4v) is 4.47. The SMILES string of the molecule is CCCCOc1ccccc1C(=O)Oc1ccc2c(c1)OC(N)=C(C#N)C2c1cccc(Oc2ccccc2)c1. The van der Waals surface area contributed by atoms with Gasteiger partial charge in [-0.25, -0.2) is 4.79 Å². The van der Waals surface area contributed by atoms with Crippen molar-refractivity contribution in [2.24, 2.45) is 5.73 Å². The van der Waals surface area contributed by atoms with Crippen LogP contribution < -0.4 is 24.7 Å². The second kappa shape index (κ2) is 12.1. The molecule has 0 saturated heterocycles. The second-order valence-corrected chi connectivity index (χ2v) is 9.20. The molecule has 4 aromatic rings. The standard InChI is InChI=1S/C33H28N2O5/c1-2-3-18-37-29-15-8-7-14-27(29)33(36)39-25-16-17-26-30(20-25)40-32(35)28(21-34)31(26)22-10-9-13-24(19-22)38-23-11-5-4-6-12-23/h4-17,19-20,31H,2-3,18,35H2,1H3. The van der Waals surface area contributed by atoms with E-state index in [1.165, 1.54) is 0 Å². The Morgan fingerprint density at radius 1 is 0.925 bits per heavy atom. The predicted molar refractivity (Wildman–Crippen MR) is 151 cm³/mol. The number of esters is 1. The van der Waals surface area contributed by atoms with Crippen LogP contribution in [0.5, 0.6) is 28.7 Å². The molecule has 1 heterocycles. The van der Waals surface area contributed by atoms with Crippen molar-refractivity contribution in [1.82, 2.24) is 0 Å². The van der Waals surface area contributed by atoms with Crippen LogP contribution in [0, 0.1) is 11.3 Å². The lowest BCUT2D eigenvalue weighted by atomic mass is 9.83. The van der Waals surface area contributed by atoms with Gasteiger partial charge in [0.25, 0.3) is 0 Å². The van der Waals surface area contributed by atoms with Gasteiger partial charge in [-0.2, -0.15) is 5.26 Å². The molecule has 0 amide bonds. The Morgan fingerprint density at radius 3 is 2.50 bits per heavy atom. The lowest BCUT2D eigenvalue weighted by Crippen LogP contribution is -2.21. The molecule has 40 heavy (non-hydrogen) atoms. The van der Waals surface area contributed by atoms with Gasteiger partial charge in [-0.05, 0) is 54.4 Å². The molecule has 1 unspecified atom stereocenters. The maximum atomic E-state index is 13.0. The molecule has 0 fully saturated rings. The Morgan fingerprint density at radius 2 is 1.70 bits per heavy atom. The smallest absolute Gasteiger partial charge is 0.347 e. The summed E-state index contributed by atoms with van der Waals surface area (Å²) in [6.45, 7) is 2.59. The summed E-state index contributed by atoms with van der Waals surface area (Å²) in [5, 5.41) is 9.95. The molecule has 0 spiro atoms. The Kier molecular flexibility index (Phi) is 7.98. The first-order valence-corrected chi connectivity index (χ1v) is 13.1. The van der Waals surface area contributed by atoms with Crippen LogP contribution in [0.4, 0.5) is 0 Å². The number of unbranched alkanes of at least 4 members (excludes halogenated alkanes) is 1. The zero-order valence-electron chi connectivity index (χ0n) is 22.0. The molecular weight excluding hydrogens is 504 g/mol. The number of nitriles is 1. The zero-order valence-corrected chi connectivity index (χ0v) is 22.0. The summed E-state index contributed by atoms with van der Waals surface area (Å²) in [6, 6.07) is 31.2. The first-order chi connectivity index (χ1) is 19.6. The Bertz CT molecular complexity index is 1590. The molecule has 5 rings (SSSR count). The highest BCUT2D eigenvalue weighted by Gasteiger charge is 2.31. The van der Waals surface area contributed by atoms with E-state index in [-0.39, 0.29) is 17.2 Å². The van der Waals surface area contributed by atoms with Crippen molar-refractivity contribution in [3.05, 3.63) is 125 Å². The van der Waals surface area contributed by atoms with E-state index in [0.29, 0.717) is 40.7 Å². The monoisotopic (exact) mass is 532 g/mol. The molecule has 0 bridgehead atoms. The zero-order chi connectivity index (χ0) is 27.9. The average molecular weight is 533 g/mol. The van der Waals surface area contributed by atoms with Gasteiger partial charge in [0.15, 0.2) is 0 Å². The number of rotatable bonds is 9. The molecule has 1 atom stereocenters. The van der Waals surface area contributed by atoms with Crippen LogP contribution in [0.2, 0.25) is 0 Å². The van der Waals surface area contributed by atoms with E-state index in [9.17, 15) is 10.1 Å². The number of fused-ring (bicyclic) bond motifs is 1. The van der Waals surface area contributed by atoms with E-state index in [0.717, 1.165) is 18.4 Å². The lowest BCUT2D eigenvalue weighted by Gasteiger charge is -2.27. The van der Waals surface area contributed by atoms with Gasteiger partial charge >= 0.3 is 5.97 Å². The third-order valence-electron chi connectivity index (χ3n) is 6.43. The van der Waals surface area contributed by atoms with Gasteiger partial charge in [0.05, 0.1) is 12.5 Å². The van der Waals surface area contributed by atoms with Crippen molar-refractivity contribution in [2.45, 2.75) is 25.7 Å². The van der Waals surface area contributed by atoms with Crippen LogP contribution >= 0.6 is 0 Å². The van der Waals surface area contributed by atoms with Crippen LogP contribution in [0.15, 0.2) is 109 Å². The van der Waals surface area contributed by atoms with Gasteiger partial charge in [-0.1, -0.05) is 61.9 Å². The van der Waals surface area contributed by atoms with E-state index in [2.05, 4.69) is 13.0 Å². The fraction of sp³-hybridized carbons (Fsp3) is 0.152. The van der Waals surface area contributed by atoms with Crippen LogP contribution in [0.1, 0.15) is 47.2 Å². The number of benzene rings is 4. The summed E-state index contributed by atoms with van der Waals surface area (Å²) in [4.78, 5) is 13.0. The Balaban J connectivity index is 1.42. The van der Waals surface area contributed by atoms with Crippen LogP contribution in [-0.2, 0) is 0 Å². The molecular formula is C33H28N2O5. The number of carbonyl (C=O) groups is 1. The van der Waals surface area contributed by atoms with E-state index in [1.807, 2.05) is 60.7 Å². The van der Waals surface area contributed by atoms with E-state index >= 15 is 0 Å². The summed E-state index contributed by atoms with van der Waals surface area (Å²) in [7, 11) is 0. The molecule has 0 radical (unpaired) electrons. The number of allylic oxidation sites excluding steroid dienone is 1. The van der Waals surface area contributed by atoms with Crippen molar-refractivity contribution in [2.75, 3.05) is 6.61 Å². The third kappa shape index (κ3) is 5.77. The Hall–Kier alpha value is -5.22. The highest BCUT2D eigenvalue weighted by molar-refractivity contribution is 5.94. The van der Waals surface area contributed by atoms with Gasteiger partial charge in [0, 0.05) is 11.6 Å². The van der Waals surface area contributed by atoms with Crippen molar-refractivity contribution in [3.8, 4) is 34.8 Å². The summed E-state index contributed by atoms with van der Waals surface area (Å²) in [5.41, 5.74) is 8.33. The van der Waals surface area contributed by atoms with Crippen LogP contribution in [-0.4, -0.2) is 12.6 Å². The predicted octanol–water partition coefficient (Wildman–Crippen LogP) is 7.10. The molecule has 0 aliphatic carbocycles. The van der Waals surface area contributed by atoms with Crippen molar-refractivity contribution in [3.63, 3.8) is 0 Å². The molecule has 7 nitrogen and oxygen atoms in total. The van der Waals surface area contributed by atoms with Gasteiger partial charge in [0.2, 0.25) is 5.88 Å². The number of hydrogen-bond donors (Lipinski definition) is 1. The minimum Gasteiger partial charge on any atom is -0.493 e. The molecule has 2 N–H and O–H groups in total. The minimum atomic E-state index is -0.550. The topological polar surface area (TPSA) is 104 Å². The average Bonchev–Trinajstić information content (AvgIpc) is 2.97. The first-order valence-electron chi connectivity index (χ1n) is 13.1. The maximum Gasteiger partial charge on any atom is 0.347 e. The van der Waals surface area contributed by atoms with E-state index < -0.39 is 11.9 Å². The summed E-state index contributed by atoms with van der Waals surface area (Å²) in [6.07, 6.45) is 1.87. The number of nitrogens with zero attached hydrogens (tertiary/aromatic N) is 1. The highest BCUT2D eigenvalue weighted by atomic mass is 16.5. The molecule has 0 aromatic heterocycles. The third-order valence-corrected chi connectivity index (χ3v) is 6.43. The summed E-state index contributed by atoms with van der Waals surface area (Å²) >= 11 is 0. The van der Waals surface area contributed by atoms with Crippen molar-refractivity contribution >= 4 is 5.97 Å². The first kappa shape index (κ1) is 26.4. The lowest BCUT2D eigenvalue weighted by molar-refractivity contribution is 0.0730. The van der Waals surface area contributed by atoms with Crippen molar-refractivity contribution in [1.29, 1.82) is 5.26 Å². The van der Waals surface area contributed by atoms with Gasteiger partial charge < -0.3 is 24.7 Å². The summed E-state index contributed by atoms with van der Waals surface area (Å²) < 4.78 is 23.3. The second-order valence-electron chi connectivity index (χ2n) is 9.20. The highest BCUT2D eigenvalue weighted by Crippen LogP contribution is 2.44. The van der Waals surface area contributed by atoms with Crippen molar-refractivity contribution < 1.29 is 23.7 Å². The number of hydrogen-bond acceptors (Lipinski definition) is 7. The van der Waals surface area contributed by atoms with Gasteiger partial charge in [-0.3, -0.25) is 0 Å². The molecule has 1 aliphatic heterocycles. The van der Waals surface area contributed by atoms with Crippen LogP contribution in [0.25, 0.3) is 0 Å². The fourth-order valence-electron chi connectivity index (χ4n) is 4.47. The molecule has 200 valence electrons. The Labute approximate surface area is 233 Å².